The number of carbonyl (C=O) groups excluding carboxylic acids is 1. The van der Waals surface area contributed by atoms with Gasteiger partial charge in [-0.1, -0.05) is 0 Å². The van der Waals surface area contributed by atoms with Gasteiger partial charge in [-0.05, 0) is 19.3 Å². The number of hydrogen-bond donors (Lipinski definition) is 3. The highest BCUT2D eigenvalue weighted by Crippen LogP contribution is 2.45. The van der Waals surface area contributed by atoms with Gasteiger partial charge in [-0.2, -0.15) is 0 Å². The Morgan fingerprint density at radius 1 is 1.44 bits per heavy atom. The van der Waals surface area contributed by atoms with Crippen LogP contribution in [0.1, 0.15) is 19.3 Å². The average Bonchev–Trinajstić information content (AvgIpc) is 2.88. The molecule has 1 aliphatic carbocycles. The topological polar surface area (TPSA) is 87.7 Å². The predicted octanol–water partition coefficient (Wildman–Crippen LogP) is -0.0607. The highest BCUT2D eigenvalue weighted by Gasteiger charge is 2.50. The van der Waals surface area contributed by atoms with Gasteiger partial charge in [0.15, 0.2) is 0 Å². The summed E-state index contributed by atoms with van der Waals surface area (Å²) in [7, 11) is 0. The molecule has 0 aromatic rings. The van der Waals surface area contributed by atoms with E-state index in [-0.39, 0.29) is 18.6 Å². The third-order valence-corrected chi connectivity index (χ3v) is 3.16. The van der Waals surface area contributed by atoms with E-state index in [0.29, 0.717) is 26.1 Å². The maximum absolute atomic E-state index is 11.4. The summed E-state index contributed by atoms with van der Waals surface area (Å²) in [4.78, 5) is 22.3. The van der Waals surface area contributed by atoms with Crippen LogP contribution in [0.15, 0.2) is 0 Å². The zero-order chi connectivity index (χ0) is 11.6. The fraction of sp³-hybridized carbons (Fsp3) is 0.800. The summed E-state index contributed by atoms with van der Waals surface area (Å²) < 4.78 is 5.12. The number of rotatable bonds is 4. The highest BCUT2D eigenvalue weighted by molar-refractivity contribution is 5.80. The molecule has 0 aromatic carbocycles. The van der Waals surface area contributed by atoms with Gasteiger partial charge in [0, 0.05) is 13.2 Å². The van der Waals surface area contributed by atoms with Crippen molar-refractivity contribution in [2.24, 2.45) is 5.41 Å². The first-order valence-electron chi connectivity index (χ1n) is 5.48. The van der Waals surface area contributed by atoms with Crippen molar-refractivity contribution in [2.45, 2.75) is 25.3 Å². The fourth-order valence-electron chi connectivity index (χ4n) is 1.75. The lowest BCUT2D eigenvalue weighted by Gasteiger charge is -2.14. The maximum atomic E-state index is 11.4. The zero-order valence-corrected chi connectivity index (χ0v) is 8.99. The Morgan fingerprint density at radius 3 is 2.69 bits per heavy atom. The van der Waals surface area contributed by atoms with Crippen LogP contribution >= 0.6 is 0 Å². The van der Waals surface area contributed by atoms with Gasteiger partial charge in [-0.15, -0.1) is 0 Å². The van der Waals surface area contributed by atoms with Crippen LogP contribution in [0.25, 0.3) is 0 Å². The van der Waals surface area contributed by atoms with Crippen molar-refractivity contribution in [2.75, 3.05) is 19.8 Å². The van der Waals surface area contributed by atoms with Crippen LogP contribution in [0, 0.1) is 5.41 Å². The van der Waals surface area contributed by atoms with E-state index in [2.05, 4.69) is 10.6 Å². The molecule has 2 rings (SSSR count). The maximum Gasteiger partial charge on any atom is 0.315 e. The normalized spacial score (nSPS) is 26.1. The van der Waals surface area contributed by atoms with Crippen molar-refractivity contribution in [3.8, 4) is 0 Å². The van der Waals surface area contributed by atoms with E-state index < -0.39 is 11.4 Å². The summed E-state index contributed by atoms with van der Waals surface area (Å²) >= 11 is 0. The number of carbonyl (C=O) groups is 2. The van der Waals surface area contributed by atoms with Gasteiger partial charge in [0.1, 0.15) is 0 Å². The summed E-state index contributed by atoms with van der Waals surface area (Å²) in [6.45, 7) is 1.42. The second-order valence-electron chi connectivity index (χ2n) is 4.47. The molecule has 1 saturated carbocycles. The molecule has 2 aliphatic rings. The third kappa shape index (κ3) is 2.44. The van der Waals surface area contributed by atoms with Crippen molar-refractivity contribution >= 4 is 12.0 Å². The van der Waals surface area contributed by atoms with E-state index in [1.165, 1.54) is 0 Å². The van der Waals surface area contributed by atoms with Gasteiger partial charge in [0.25, 0.3) is 0 Å². The molecule has 1 unspecified atom stereocenters. The standard InChI is InChI=1S/C10H16N2O4/c13-8(14)10(2-3-10)6-11-9(15)12-7-1-4-16-5-7/h7H,1-6H2,(H,13,14)(H2,11,12,15). The largest absolute Gasteiger partial charge is 0.481 e. The van der Waals surface area contributed by atoms with Crippen LogP contribution in [0.3, 0.4) is 0 Å². The molecule has 1 atom stereocenters. The number of amides is 2. The van der Waals surface area contributed by atoms with Crippen LogP contribution in [-0.4, -0.2) is 42.9 Å². The summed E-state index contributed by atoms with van der Waals surface area (Å²) in [6, 6.07) is -0.247. The first-order chi connectivity index (χ1) is 7.62. The van der Waals surface area contributed by atoms with Crippen molar-refractivity contribution in [1.82, 2.24) is 10.6 Å². The molecule has 1 heterocycles. The molecule has 0 radical (unpaired) electrons. The van der Waals surface area contributed by atoms with E-state index in [0.717, 1.165) is 6.42 Å². The zero-order valence-electron chi connectivity index (χ0n) is 8.99. The lowest BCUT2D eigenvalue weighted by atomic mass is 10.1. The number of carboxylic acids is 1. The van der Waals surface area contributed by atoms with Gasteiger partial charge >= 0.3 is 12.0 Å². The molecule has 90 valence electrons. The number of urea groups is 1. The van der Waals surface area contributed by atoms with E-state index in [9.17, 15) is 9.59 Å². The molecule has 6 heteroatoms. The summed E-state index contributed by atoms with van der Waals surface area (Å²) in [5.74, 6) is -0.822. The molecular formula is C10H16N2O4. The summed E-state index contributed by atoms with van der Waals surface area (Å²) in [5, 5.41) is 14.3. The molecule has 1 aliphatic heterocycles. The minimum absolute atomic E-state index is 0.0555. The number of nitrogens with one attached hydrogen (secondary N) is 2. The van der Waals surface area contributed by atoms with Gasteiger partial charge in [-0.25, -0.2) is 4.79 Å². The van der Waals surface area contributed by atoms with Crippen LogP contribution < -0.4 is 10.6 Å². The molecular weight excluding hydrogens is 212 g/mol. The van der Waals surface area contributed by atoms with Crippen LogP contribution in [0.2, 0.25) is 0 Å². The van der Waals surface area contributed by atoms with Gasteiger partial charge < -0.3 is 20.5 Å². The van der Waals surface area contributed by atoms with Crippen LogP contribution in [-0.2, 0) is 9.53 Å². The highest BCUT2D eigenvalue weighted by atomic mass is 16.5. The Hall–Kier alpha value is -1.30. The van der Waals surface area contributed by atoms with Crippen molar-refractivity contribution in [3.63, 3.8) is 0 Å². The number of aliphatic carboxylic acids is 1. The Bertz CT molecular complexity index is 295. The Labute approximate surface area is 93.3 Å². The Balaban J connectivity index is 1.69. The second-order valence-corrected chi connectivity index (χ2v) is 4.47. The summed E-state index contributed by atoms with van der Waals surface area (Å²) in [6.07, 6.45) is 2.11. The number of ether oxygens (including phenoxy) is 1. The van der Waals surface area contributed by atoms with E-state index >= 15 is 0 Å². The van der Waals surface area contributed by atoms with Crippen molar-refractivity contribution < 1.29 is 19.4 Å². The molecule has 2 fully saturated rings. The second kappa shape index (κ2) is 4.29. The van der Waals surface area contributed by atoms with Crippen LogP contribution in [0.5, 0.6) is 0 Å². The molecule has 0 aromatic heterocycles. The van der Waals surface area contributed by atoms with Gasteiger partial charge in [0.05, 0.1) is 18.1 Å². The lowest BCUT2D eigenvalue weighted by molar-refractivity contribution is -0.143. The molecule has 0 spiro atoms. The third-order valence-electron chi connectivity index (χ3n) is 3.16. The minimum atomic E-state index is -0.822. The molecule has 16 heavy (non-hydrogen) atoms. The van der Waals surface area contributed by atoms with E-state index in [4.69, 9.17) is 9.84 Å². The van der Waals surface area contributed by atoms with E-state index in [1.807, 2.05) is 0 Å². The predicted molar refractivity (Wildman–Crippen MR) is 55.1 cm³/mol. The van der Waals surface area contributed by atoms with E-state index in [1.54, 1.807) is 0 Å². The van der Waals surface area contributed by atoms with Crippen molar-refractivity contribution in [1.29, 1.82) is 0 Å². The minimum Gasteiger partial charge on any atom is -0.481 e. The summed E-state index contributed by atoms with van der Waals surface area (Å²) in [5.41, 5.74) is -0.705. The van der Waals surface area contributed by atoms with Crippen molar-refractivity contribution in [3.05, 3.63) is 0 Å². The SMILES string of the molecule is O=C(NCC1(C(=O)O)CC1)NC1CCOC1. The molecule has 3 N–H and O–H groups in total. The average molecular weight is 228 g/mol. The molecule has 2 amide bonds. The van der Waals surface area contributed by atoms with Gasteiger partial charge in [0.2, 0.25) is 0 Å². The van der Waals surface area contributed by atoms with Gasteiger partial charge in [-0.3, -0.25) is 4.79 Å². The number of carboxylic acid groups (broad SMARTS) is 1. The monoisotopic (exact) mass is 228 g/mol. The molecule has 1 saturated heterocycles. The first kappa shape index (κ1) is 11.2. The smallest absolute Gasteiger partial charge is 0.315 e. The molecule has 6 nitrogen and oxygen atoms in total. The number of hydrogen-bond acceptors (Lipinski definition) is 3. The lowest BCUT2D eigenvalue weighted by Crippen LogP contribution is -2.45. The van der Waals surface area contributed by atoms with Crippen LogP contribution in [0.4, 0.5) is 4.79 Å². The fourth-order valence-corrected chi connectivity index (χ4v) is 1.75. The first-order valence-corrected chi connectivity index (χ1v) is 5.48. The Kier molecular flexibility index (Phi) is 3.00. The quantitative estimate of drug-likeness (QED) is 0.629. The molecule has 0 bridgehead atoms. The Morgan fingerprint density at radius 2 is 2.19 bits per heavy atom.